The van der Waals surface area contributed by atoms with Crippen molar-refractivity contribution in [3.05, 3.63) is 47.3 Å². The van der Waals surface area contributed by atoms with Crippen molar-refractivity contribution in [1.29, 1.82) is 0 Å². The molecule has 16 heavy (non-hydrogen) atoms. The van der Waals surface area contributed by atoms with Gasteiger partial charge in [-0.2, -0.15) is 5.10 Å². The molecule has 1 aromatic heterocycles. The van der Waals surface area contributed by atoms with Gasteiger partial charge in [-0.25, -0.2) is 4.68 Å². The van der Waals surface area contributed by atoms with E-state index in [0.717, 1.165) is 16.9 Å². The van der Waals surface area contributed by atoms with Crippen molar-refractivity contribution >= 4 is 21.7 Å². The third-order valence-electron chi connectivity index (χ3n) is 2.75. The van der Waals surface area contributed by atoms with Crippen LogP contribution in [-0.2, 0) is 11.8 Å². The molecule has 0 fully saturated rings. The van der Waals surface area contributed by atoms with Crippen LogP contribution in [0.3, 0.4) is 0 Å². The topological polar surface area (TPSA) is 34.9 Å². The van der Waals surface area contributed by atoms with Crippen LogP contribution in [0.15, 0.2) is 30.3 Å². The van der Waals surface area contributed by atoms with Gasteiger partial charge in [-0.05, 0) is 17.7 Å². The number of hydrogen-bond acceptors (Lipinski definition) is 2. The SMILES string of the molecule is O=C1Cc2ccccc2-n2nc(CBr)cc21. The van der Waals surface area contributed by atoms with Gasteiger partial charge in [-0.1, -0.05) is 34.1 Å². The number of carbonyl (C=O) groups excluding carboxylic acids is 1. The molecule has 2 heterocycles. The molecule has 2 aromatic rings. The van der Waals surface area contributed by atoms with Crippen LogP contribution in [0.5, 0.6) is 0 Å². The van der Waals surface area contributed by atoms with Crippen molar-refractivity contribution in [2.45, 2.75) is 11.8 Å². The molecule has 0 saturated carbocycles. The van der Waals surface area contributed by atoms with E-state index in [2.05, 4.69) is 21.0 Å². The maximum atomic E-state index is 11.9. The average Bonchev–Trinajstić information content (AvgIpc) is 2.74. The Morgan fingerprint density at radius 3 is 3.00 bits per heavy atom. The normalized spacial score (nSPS) is 13.4. The van der Waals surface area contributed by atoms with Gasteiger partial charge < -0.3 is 0 Å². The average molecular weight is 277 g/mol. The summed E-state index contributed by atoms with van der Waals surface area (Å²) < 4.78 is 1.75. The number of halogens is 1. The predicted molar refractivity (Wildman–Crippen MR) is 64.2 cm³/mol. The summed E-state index contributed by atoms with van der Waals surface area (Å²) in [5.41, 5.74) is 3.64. The monoisotopic (exact) mass is 276 g/mol. The fourth-order valence-electron chi connectivity index (χ4n) is 2.01. The lowest BCUT2D eigenvalue weighted by atomic mass is 10.0. The molecule has 0 saturated heterocycles. The standard InChI is InChI=1S/C12H9BrN2O/c13-7-9-6-11-12(16)5-8-3-1-2-4-10(8)15(11)14-9/h1-4,6H,5,7H2. The van der Waals surface area contributed by atoms with E-state index in [4.69, 9.17) is 0 Å². The first-order valence-electron chi connectivity index (χ1n) is 5.06. The van der Waals surface area contributed by atoms with Crippen LogP contribution >= 0.6 is 15.9 Å². The second-order valence-electron chi connectivity index (χ2n) is 3.80. The Labute approximate surface area is 101 Å². The van der Waals surface area contributed by atoms with Crippen LogP contribution in [0.2, 0.25) is 0 Å². The maximum Gasteiger partial charge on any atom is 0.185 e. The van der Waals surface area contributed by atoms with E-state index in [1.165, 1.54) is 0 Å². The number of hydrogen-bond donors (Lipinski definition) is 0. The Kier molecular flexibility index (Phi) is 2.17. The number of fused-ring (bicyclic) bond motifs is 3. The summed E-state index contributed by atoms with van der Waals surface area (Å²) in [5.74, 6) is 0.137. The number of aromatic nitrogens is 2. The van der Waals surface area contributed by atoms with Crippen molar-refractivity contribution in [1.82, 2.24) is 9.78 Å². The Morgan fingerprint density at radius 2 is 2.19 bits per heavy atom. The zero-order valence-corrected chi connectivity index (χ0v) is 10.1. The van der Waals surface area contributed by atoms with Gasteiger partial charge >= 0.3 is 0 Å². The first-order chi connectivity index (χ1) is 7.79. The molecule has 1 aliphatic heterocycles. The van der Waals surface area contributed by atoms with E-state index in [1.807, 2.05) is 30.3 Å². The number of carbonyl (C=O) groups is 1. The Morgan fingerprint density at radius 1 is 1.38 bits per heavy atom. The fourth-order valence-corrected chi connectivity index (χ4v) is 2.28. The van der Waals surface area contributed by atoms with E-state index in [0.29, 0.717) is 17.4 Å². The number of nitrogens with zero attached hydrogens (tertiary/aromatic N) is 2. The Bertz CT molecular complexity index is 574. The molecule has 0 unspecified atom stereocenters. The second-order valence-corrected chi connectivity index (χ2v) is 4.36. The molecule has 1 aliphatic rings. The molecule has 3 rings (SSSR count). The minimum atomic E-state index is 0.137. The first kappa shape index (κ1) is 9.78. The number of para-hydroxylation sites is 1. The lowest BCUT2D eigenvalue weighted by Crippen LogP contribution is -2.18. The molecule has 3 nitrogen and oxygen atoms in total. The molecule has 0 radical (unpaired) electrons. The minimum Gasteiger partial charge on any atom is -0.292 e. The van der Waals surface area contributed by atoms with E-state index < -0.39 is 0 Å². The quantitative estimate of drug-likeness (QED) is 0.751. The van der Waals surface area contributed by atoms with Crippen molar-refractivity contribution in [2.24, 2.45) is 0 Å². The molecule has 0 aliphatic carbocycles. The van der Waals surface area contributed by atoms with Crippen LogP contribution in [0.25, 0.3) is 5.69 Å². The molecule has 0 bridgehead atoms. The summed E-state index contributed by atoms with van der Waals surface area (Å²) >= 11 is 3.36. The maximum absolute atomic E-state index is 11.9. The molecule has 0 amide bonds. The highest BCUT2D eigenvalue weighted by atomic mass is 79.9. The van der Waals surface area contributed by atoms with Gasteiger partial charge in [-0.3, -0.25) is 4.79 Å². The molecular formula is C12H9BrN2O. The lowest BCUT2D eigenvalue weighted by molar-refractivity contribution is 0.0981. The highest BCUT2D eigenvalue weighted by Gasteiger charge is 2.23. The third-order valence-corrected chi connectivity index (χ3v) is 3.33. The van der Waals surface area contributed by atoms with E-state index in [9.17, 15) is 4.79 Å². The van der Waals surface area contributed by atoms with Gasteiger partial charge in [0.25, 0.3) is 0 Å². The number of alkyl halides is 1. The van der Waals surface area contributed by atoms with Crippen LogP contribution < -0.4 is 0 Å². The molecule has 0 N–H and O–H groups in total. The van der Waals surface area contributed by atoms with Crippen LogP contribution in [0.1, 0.15) is 21.7 Å². The number of ketones is 1. The van der Waals surface area contributed by atoms with Crippen LogP contribution in [0, 0.1) is 0 Å². The van der Waals surface area contributed by atoms with E-state index >= 15 is 0 Å². The second kappa shape index (κ2) is 3.56. The van der Waals surface area contributed by atoms with Crippen LogP contribution in [-0.4, -0.2) is 15.6 Å². The third kappa shape index (κ3) is 1.33. The van der Waals surface area contributed by atoms with Crippen molar-refractivity contribution in [2.75, 3.05) is 0 Å². The van der Waals surface area contributed by atoms with Gasteiger partial charge in [0.1, 0.15) is 5.69 Å². The van der Waals surface area contributed by atoms with Crippen molar-refractivity contribution in [3.63, 3.8) is 0 Å². The molecule has 0 atom stereocenters. The van der Waals surface area contributed by atoms with E-state index in [-0.39, 0.29) is 5.78 Å². The summed E-state index contributed by atoms with van der Waals surface area (Å²) in [4.78, 5) is 11.9. The Balaban J connectivity index is 2.27. The zero-order chi connectivity index (χ0) is 11.1. The molecule has 0 spiro atoms. The van der Waals surface area contributed by atoms with Gasteiger partial charge in [0.15, 0.2) is 5.78 Å². The number of Topliss-reactive ketones (excluding diaryl/α,β-unsaturated/α-hetero) is 1. The zero-order valence-electron chi connectivity index (χ0n) is 8.48. The van der Waals surface area contributed by atoms with Gasteiger partial charge in [0, 0.05) is 11.8 Å². The lowest BCUT2D eigenvalue weighted by Gasteiger charge is -2.16. The molecule has 1 aromatic carbocycles. The Hall–Kier alpha value is -1.42. The number of rotatable bonds is 1. The van der Waals surface area contributed by atoms with Crippen molar-refractivity contribution < 1.29 is 4.79 Å². The fraction of sp³-hybridized carbons (Fsp3) is 0.167. The highest BCUT2D eigenvalue weighted by Crippen LogP contribution is 2.24. The highest BCUT2D eigenvalue weighted by molar-refractivity contribution is 9.08. The van der Waals surface area contributed by atoms with Gasteiger partial charge in [0.05, 0.1) is 11.4 Å². The predicted octanol–water partition coefficient (Wildman–Crippen LogP) is 2.51. The molecule has 80 valence electrons. The van der Waals surface area contributed by atoms with E-state index in [1.54, 1.807) is 4.68 Å². The smallest absolute Gasteiger partial charge is 0.185 e. The van der Waals surface area contributed by atoms with Gasteiger partial charge in [-0.15, -0.1) is 0 Å². The summed E-state index contributed by atoms with van der Waals surface area (Å²) in [6.07, 6.45) is 0.476. The molecular weight excluding hydrogens is 268 g/mol. The summed E-state index contributed by atoms with van der Waals surface area (Å²) in [6.45, 7) is 0. The largest absolute Gasteiger partial charge is 0.292 e. The summed E-state index contributed by atoms with van der Waals surface area (Å²) in [6, 6.07) is 9.74. The minimum absolute atomic E-state index is 0.137. The number of benzene rings is 1. The summed E-state index contributed by atoms with van der Waals surface area (Å²) in [5, 5.41) is 5.08. The van der Waals surface area contributed by atoms with Crippen molar-refractivity contribution in [3.8, 4) is 5.69 Å². The van der Waals surface area contributed by atoms with Gasteiger partial charge in [0.2, 0.25) is 0 Å². The van der Waals surface area contributed by atoms with Crippen LogP contribution in [0.4, 0.5) is 0 Å². The summed E-state index contributed by atoms with van der Waals surface area (Å²) in [7, 11) is 0. The molecule has 4 heteroatoms. The first-order valence-corrected chi connectivity index (χ1v) is 6.18.